The van der Waals surface area contributed by atoms with Crippen LogP contribution in [0.2, 0.25) is 0 Å². The Morgan fingerprint density at radius 1 is 1.00 bits per heavy atom. The SMILES string of the molecule is CCN(CC)CC.S=P(S)(S)S. The maximum Gasteiger partial charge on any atom is 0.100 e. The normalized spacial score (nSPS) is 10.9. The van der Waals surface area contributed by atoms with Crippen LogP contribution in [0, 0.1) is 0 Å². The van der Waals surface area contributed by atoms with Crippen molar-refractivity contribution in [1.29, 1.82) is 0 Å². The van der Waals surface area contributed by atoms with E-state index in [9.17, 15) is 0 Å². The van der Waals surface area contributed by atoms with Crippen LogP contribution in [0.5, 0.6) is 0 Å². The highest BCUT2D eigenvalue weighted by Crippen LogP contribution is 2.60. The van der Waals surface area contributed by atoms with Gasteiger partial charge in [0.1, 0.15) is 3.64 Å². The highest BCUT2D eigenvalue weighted by molar-refractivity contribution is 9.14. The van der Waals surface area contributed by atoms with Crippen molar-refractivity contribution in [2.24, 2.45) is 0 Å². The third-order valence-electron chi connectivity index (χ3n) is 1.34. The lowest BCUT2D eigenvalue weighted by atomic mass is 10.5. The van der Waals surface area contributed by atoms with E-state index in [0.29, 0.717) is 0 Å². The van der Waals surface area contributed by atoms with Crippen LogP contribution in [0.1, 0.15) is 20.8 Å². The maximum absolute atomic E-state index is 4.53. The molecule has 0 saturated heterocycles. The zero-order valence-corrected chi connectivity index (χ0v) is 12.2. The van der Waals surface area contributed by atoms with Crippen LogP contribution < -0.4 is 0 Å². The molecule has 0 aliphatic rings. The van der Waals surface area contributed by atoms with Gasteiger partial charge in [-0.05, 0) is 19.6 Å². The van der Waals surface area contributed by atoms with E-state index < -0.39 is 3.64 Å². The van der Waals surface area contributed by atoms with E-state index in [1.807, 2.05) is 0 Å². The molecular formula is C6H18NPS4. The number of hydrogen-bond acceptors (Lipinski definition) is 2. The van der Waals surface area contributed by atoms with E-state index >= 15 is 0 Å². The average Bonchev–Trinajstić information content (AvgIpc) is 1.88. The summed E-state index contributed by atoms with van der Waals surface area (Å²) in [6, 6.07) is 0. The predicted molar refractivity (Wildman–Crippen MR) is 74.7 cm³/mol. The third kappa shape index (κ3) is 22.6. The second kappa shape index (κ2) is 9.22. The van der Waals surface area contributed by atoms with Crippen molar-refractivity contribution in [3.63, 3.8) is 0 Å². The molecule has 0 aliphatic heterocycles. The first-order chi connectivity index (χ1) is 5.35. The largest absolute Gasteiger partial charge is 0.304 e. The minimum Gasteiger partial charge on any atom is -0.304 e. The Morgan fingerprint density at radius 2 is 1.17 bits per heavy atom. The van der Waals surface area contributed by atoms with E-state index in [0.717, 1.165) is 0 Å². The lowest BCUT2D eigenvalue weighted by molar-refractivity contribution is 0.321. The smallest absolute Gasteiger partial charge is 0.100 e. The Kier molecular flexibility index (Phi) is 12.4. The molecule has 0 aliphatic carbocycles. The summed E-state index contributed by atoms with van der Waals surface area (Å²) in [5, 5.41) is 0. The summed E-state index contributed by atoms with van der Waals surface area (Å²) in [4.78, 5) is 2.38. The molecule has 0 rings (SSSR count). The van der Waals surface area contributed by atoms with Gasteiger partial charge in [0.25, 0.3) is 0 Å². The fraction of sp³-hybridized carbons (Fsp3) is 1.00. The molecule has 0 bridgehead atoms. The molecule has 1 nitrogen and oxygen atoms in total. The molecule has 0 heterocycles. The third-order valence-corrected chi connectivity index (χ3v) is 1.34. The fourth-order valence-electron chi connectivity index (χ4n) is 0.671. The van der Waals surface area contributed by atoms with Gasteiger partial charge >= 0.3 is 0 Å². The summed E-state index contributed by atoms with van der Waals surface area (Å²) < 4.78 is -1.72. The first-order valence-corrected chi connectivity index (χ1v) is 10.1. The first kappa shape index (κ1) is 16.1. The van der Waals surface area contributed by atoms with Crippen molar-refractivity contribution in [1.82, 2.24) is 4.90 Å². The second-order valence-corrected chi connectivity index (χ2v) is 15.5. The summed E-state index contributed by atoms with van der Waals surface area (Å²) in [6.45, 7) is 10.1. The fourth-order valence-corrected chi connectivity index (χ4v) is 0.671. The maximum atomic E-state index is 4.53. The van der Waals surface area contributed by atoms with Crippen molar-refractivity contribution in [3.05, 3.63) is 0 Å². The average molecular weight is 263 g/mol. The van der Waals surface area contributed by atoms with Gasteiger partial charge in [0.15, 0.2) is 0 Å². The second-order valence-electron chi connectivity index (χ2n) is 2.13. The van der Waals surface area contributed by atoms with Gasteiger partial charge in [-0.25, -0.2) is 0 Å². The molecule has 0 atom stereocenters. The summed E-state index contributed by atoms with van der Waals surface area (Å²) in [7, 11) is 0. The summed E-state index contributed by atoms with van der Waals surface area (Å²) in [6.07, 6.45) is 0. The molecule has 0 saturated carbocycles. The van der Waals surface area contributed by atoms with Crippen LogP contribution in [0.3, 0.4) is 0 Å². The van der Waals surface area contributed by atoms with Crippen LogP contribution in [-0.4, -0.2) is 24.5 Å². The molecule has 0 aromatic rings. The van der Waals surface area contributed by atoms with Gasteiger partial charge in [-0.1, -0.05) is 32.6 Å². The molecule has 12 heavy (non-hydrogen) atoms. The molecule has 0 amide bonds. The Balaban J connectivity index is 0. The van der Waals surface area contributed by atoms with Gasteiger partial charge in [-0.3, -0.25) is 0 Å². The first-order valence-electron chi connectivity index (χ1n) is 3.85. The Hall–Kier alpha value is 1.66. The predicted octanol–water partition coefficient (Wildman–Crippen LogP) is 3.35. The van der Waals surface area contributed by atoms with Crippen molar-refractivity contribution in [2.75, 3.05) is 19.6 Å². The van der Waals surface area contributed by atoms with Crippen LogP contribution in [0.25, 0.3) is 0 Å². The van der Waals surface area contributed by atoms with Crippen LogP contribution in [0.15, 0.2) is 0 Å². The van der Waals surface area contributed by atoms with Gasteiger partial charge in [-0.15, -0.1) is 36.7 Å². The van der Waals surface area contributed by atoms with Crippen LogP contribution >= 0.6 is 40.4 Å². The molecule has 0 N–H and O–H groups in total. The molecule has 0 fully saturated rings. The summed E-state index contributed by atoms with van der Waals surface area (Å²) >= 11 is 15.9. The number of hydrogen-bond donors (Lipinski definition) is 3. The lowest BCUT2D eigenvalue weighted by Crippen LogP contribution is -2.21. The molecule has 0 aromatic carbocycles. The Bertz CT molecular complexity index is 118. The molecule has 0 spiro atoms. The topological polar surface area (TPSA) is 3.24 Å². The minimum absolute atomic E-state index is 1.19. The monoisotopic (exact) mass is 263 g/mol. The van der Waals surface area contributed by atoms with Crippen molar-refractivity contribution >= 4 is 52.2 Å². The Morgan fingerprint density at radius 3 is 1.17 bits per heavy atom. The lowest BCUT2D eigenvalue weighted by Gasteiger charge is -2.13. The standard InChI is InChI=1S/C6H15N.H3PS4/c1-4-7(5-2)6-3;2-1(3,4)5/h4-6H2,1-3H3;(H3,2,3,4,5). The van der Waals surface area contributed by atoms with Crippen molar-refractivity contribution in [3.8, 4) is 0 Å². The van der Waals surface area contributed by atoms with Gasteiger partial charge < -0.3 is 4.90 Å². The molecule has 6 heteroatoms. The zero-order valence-electron chi connectivity index (χ0n) is 7.77. The number of nitrogens with zero attached hydrogens (tertiary/aromatic N) is 1. The van der Waals surface area contributed by atoms with Crippen molar-refractivity contribution < 1.29 is 0 Å². The van der Waals surface area contributed by atoms with Gasteiger partial charge in [-0.2, -0.15) is 0 Å². The number of rotatable bonds is 3. The minimum atomic E-state index is -1.72. The van der Waals surface area contributed by atoms with E-state index in [1.165, 1.54) is 19.6 Å². The Labute approximate surface area is 97.2 Å². The summed E-state index contributed by atoms with van der Waals surface area (Å²) in [5.41, 5.74) is 0. The number of thiol groups is 3. The van der Waals surface area contributed by atoms with E-state index in [4.69, 9.17) is 0 Å². The molecule has 0 radical (unpaired) electrons. The summed E-state index contributed by atoms with van der Waals surface area (Å²) in [5.74, 6) is 0. The van der Waals surface area contributed by atoms with Gasteiger partial charge in [0.2, 0.25) is 0 Å². The molecule has 0 unspecified atom stereocenters. The van der Waals surface area contributed by atoms with Gasteiger partial charge in [0, 0.05) is 0 Å². The zero-order chi connectivity index (χ0) is 10.2. The van der Waals surface area contributed by atoms with Crippen LogP contribution in [0.4, 0.5) is 0 Å². The quantitative estimate of drug-likeness (QED) is 0.529. The molecular weight excluding hydrogens is 245 g/mol. The van der Waals surface area contributed by atoms with Crippen LogP contribution in [-0.2, 0) is 11.8 Å². The highest BCUT2D eigenvalue weighted by Gasteiger charge is 1.89. The molecule has 76 valence electrons. The van der Waals surface area contributed by atoms with Gasteiger partial charge in [0.05, 0.1) is 0 Å². The van der Waals surface area contributed by atoms with E-state index in [-0.39, 0.29) is 0 Å². The van der Waals surface area contributed by atoms with E-state index in [2.05, 4.69) is 74.2 Å². The van der Waals surface area contributed by atoms with E-state index in [1.54, 1.807) is 0 Å². The highest BCUT2D eigenvalue weighted by atomic mass is 33.5. The molecule has 0 aromatic heterocycles. The van der Waals surface area contributed by atoms with Crippen molar-refractivity contribution in [2.45, 2.75) is 20.8 Å².